The number of ether oxygens (including phenoxy) is 1. The van der Waals surface area contributed by atoms with Gasteiger partial charge in [-0.05, 0) is 19.1 Å². The molecule has 0 aliphatic heterocycles. The molecule has 4 nitrogen and oxygen atoms in total. The fourth-order valence-corrected chi connectivity index (χ4v) is 7.88. The Morgan fingerprint density at radius 1 is 0.711 bits per heavy atom. The molecule has 0 saturated carbocycles. The lowest BCUT2D eigenvalue weighted by Crippen LogP contribution is -2.26. The minimum Gasteiger partial charge on any atom is -0.461 e. The monoisotopic (exact) mass is 517 g/mol. The Balaban J connectivity index is 1.78. The first-order valence-electron chi connectivity index (χ1n) is 12.5. The molecule has 0 unspecified atom stereocenters. The smallest absolute Gasteiger partial charge is 0.356 e. The molecule has 0 fully saturated rings. The second-order valence-electron chi connectivity index (χ2n) is 8.56. The van der Waals surface area contributed by atoms with Crippen molar-refractivity contribution in [2.75, 3.05) is 6.61 Å². The minimum absolute atomic E-state index is 0.214. The van der Waals surface area contributed by atoms with Gasteiger partial charge in [-0.2, -0.15) is 0 Å². The standard InChI is InChI=1S/C33H28NO3P/c1-2-36-33(35)31(25-27-23-24-32(37-27)26-15-7-3-8-16-26)34-38(28-17-9-4-10-18-28,29-19-11-5-12-20-29)30-21-13-6-14-22-30/h3-25H,2H2,1H3/b31-25-. The van der Waals surface area contributed by atoms with Crippen LogP contribution < -0.4 is 15.9 Å². The van der Waals surface area contributed by atoms with Gasteiger partial charge in [0.1, 0.15) is 11.5 Å². The summed E-state index contributed by atoms with van der Waals surface area (Å²) in [6, 6.07) is 44.2. The number of hydrogen-bond donors (Lipinski definition) is 0. The van der Waals surface area contributed by atoms with Crippen LogP contribution in [0.5, 0.6) is 0 Å². The van der Waals surface area contributed by atoms with Crippen LogP contribution >= 0.6 is 7.05 Å². The molecule has 4 aromatic carbocycles. The summed E-state index contributed by atoms with van der Waals surface area (Å²) in [5, 5.41) is 3.12. The zero-order chi connectivity index (χ0) is 26.2. The molecular formula is C33H28NO3P. The fraction of sp³-hybridized carbons (Fsp3) is 0.0606. The molecular weight excluding hydrogens is 489 g/mol. The molecule has 0 bridgehead atoms. The first-order chi connectivity index (χ1) is 18.7. The molecule has 0 atom stereocenters. The lowest BCUT2D eigenvalue weighted by Gasteiger charge is -2.27. The molecule has 0 N–H and O–H groups in total. The zero-order valence-corrected chi connectivity index (χ0v) is 22.0. The maximum atomic E-state index is 13.4. The Kier molecular flexibility index (Phi) is 7.82. The molecule has 1 heterocycles. The van der Waals surface area contributed by atoms with E-state index in [9.17, 15) is 4.79 Å². The molecule has 0 amide bonds. The maximum Gasteiger partial charge on any atom is 0.356 e. The van der Waals surface area contributed by atoms with Gasteiger partial charge in [0.25, 0.3) is 0 Å². The van der Waals surface area contributed by atoms with E-state index in [0.29, 0.717) is 5.76 Å². The molecule has 0 radical (unpaired) electrons. The highest BCUT2D eigenvalue weighted by molar-refractivity contribution is 7.87. The summed E-state index contributed by atoms with van der Waals surface area (Å²) < 4.78 is 17.0. The van der Waals surface area contributed by atoms with Gasteiger partial charge in [0.2, 0.25) is 0 Å². The van der Waals surface area contributed by atoms with Gasteiger partial charge in [-0.3, -0.25) is 0 Å². The largest absolute Gasteiger partial charge is 0.461 e. The van der Waals surface area contributed by atoms with Crippen LogP contribution in [0.3, 0.4) is 0 Å². The fourth-order valence-electron chi connectivity index (χ4n) is 4.37. The van der Waals surface area contributed by atoms with Gasteiger partial charge < -0.3 is 9.15 Å². The van der Waals surface area contributed by atoms with E-state index in [0.717, 1.165) is 27.2 Å². The van der Waals surface area contributed by atoms with Gasteiger partial charge in [-0.15, -0.1) is 0 Å². The Morgan fingerprint density at radius 2 is 1.18 bits per heavy atom. The molecule has 188 valence electrons. The second-order valence-corrected chi connectivity index (χ2v) is 11.6. The highest BCUT2D eigenvalue weighted by Gasteiger charge is 2.29. The number of esters is 1. The van der Waals surface area contributed by atoms with Crippen molar-refractivity contribution >= 4 is 35.0 Å². The van der Waals surface area contributed by atoms with Crippen molar-refractivity contribution in [1.29, 1.82) is 0 Å². The van der Waals surface area contributed by atoms with Crippen molar-refractivity contribution in [3.63, 3.8) is 0 Å². The lowest BCUT2D eigenvalue weighted by molar-refractivity contribution is -0.138. The van der Waals surface area contributed by atoms with Gasteiger partial charge in [-0.25, -0.2) is 9.54 Å². The van der Waals surface area contributed by atoms with Crippen LogP contribution in [0.2, 0.25) is 0 Å². The normalized spacial score (nSPS) is 11.7. The Hall–Kier alpha value is -4.40. The molecule has 0 aliphatic rings. The van der Waals surface area contributed by atoms with Crippen LogP contribution in [0.25, 0.3) is 17.4 Å². The number of hydrogen-bond acceptors (Lipinski definition) is 4. The number of carbonyl (C=O) groups excluding carboxylic acids is 1. The van der Waals surface area contributed by atoms with Crippen LogP contribution in [-0.2, 0) is 9.53 Å². The van der Waals surface area contributed by atoms with E-state index in [1.54, 1.807) is 13.0 Å². The molecule has 1 aromatic heterocycles. The van der Waals surface area contributed by atoms with E-state index in [1.165, 1.54) is 0 Å². The van der Waals surface area contributed by atoms with Gasteiger partial charge in [0, 0.05) is 27.6 Å². The van der Waals surface area contributed by atoms with Crippen molar-refractivity contribution in [3.05, 3.63) is 145 Å². The van der Waals surface area contributed by atoms with Crippen LogP contribution in [0.4, 0.5) is 0 Å². The molecule has 38 heavy (non-hydrogen) atoms. The predicted molar refractivity (Wildman–Crippen MR) is 156 cm³/mol. The third kappa shape index (κ3) is 5.32. The van der Waals surface area contributed by atoms with Crippen LogP contribution in [0.15, 0.2) is 148 Å². The Labute approximate surface area is 223 Å². The topological polar surface area (TPSA) is 51.8 Å². The third-order valence-corrected chi connectivity index (χ3v) is 9.75. The van der Waals surface area contributed by atoms with Gasteiger partial charge >= 0.3 is 5.97 Å². The summed E-state index contributed by atoms with van der Waals surface area (Å²) in [5.41, 5.74) is 1.17. The average Bonchev–Trinajstić information content (AvgIpc) is 3.46. The maximum absolute atomic E-state index is 13.4. The summed E-state index contributed by atoms with van der Waals surface area (Å²) in [5.74, 6) is 0.760. The van der Waals surface area contributed by atoms with Crippen molar-refractivity contribution in [2.24, 2.45) is 4.74 Å². The van der Waals surface area contributed by atoms with Crippen LogP contribution in [0.1, 0.15) is 12.7 Å². The molecule has 5 heteroatoms. The number of furan rings is 1. The van der Waals surface area contributed by atoms with Crippen molar-refractivity contribution in [3.8, 4) is 11.3 Å². The first kappa shape index (κ1) is 25.3. The minimum atomic E-state index is -2.66. The quantitative estimate of drug-likeness (QED) is 0.126. The lowest BCUT2D eigenvalue weighted by atomic mass is 10.2. The summed E-state index contributed by atoms with van der Waals surface area (Å²) >= 11 is 0. The summed E-state index contributed by atoms with van der Waals surface area (Å²) in [7, 11) is -2.66. The Morgan fingerprint density at radius 3 is 1.66 bits per heavy atom. The van der Waals surface area contributed by atoms with Crippen LogP contribution in [-0.4, -0.2) is 12.6 Å². The second kappa shape index (κ2) is 11.8. The predicted octanol–water partition coefficient (Wildman–Crippen LogP) is 7.03. The van der Waals surface area contributed by atoms with Crippen molar-refractivity contribution in [1.82, 2.24) is 0 Å². The van der Waals surface area contributed by atoms with Gasteiger partial charge in [0.15, 0.2) is 5.70 Å². The number of benzene rings is 4. The van der Waals surface area contributed by atoms with E-state index in [4.69, 9.17) is 13.9 Å². The van der Waals surface area contributed by atoms with E-state index in [2.05, 4.69) is 36.4 Å². The average molecular weight is 518 g/mol. The molecule has 0 saturated heterocycles. The summed E-state index contributed by atoms with van der Waals surface area (Å²) in [4.78, 5) is 13.4. The summed E-state index contributed by atoms with van der Waals surface area (Å²) in [6.45, 7) is 2.04. The van der Waals surface area contributed by atoms with Crippen LogP contribution in [0, 0.1) is 0 Å². The van der Waals surface area contributed by atoms with E-state index in [1.807, 2.05) is 97.1 Å². The number of carbonyl (C=O) groups is 1. The summed E-state index contributed by atoms with van der Waals surface area (Å²) in [6.07, 6.45) is 1.69. The molecule has 5 aromatic rings. The third-order valence-electron chi connectivity index (χ3n) is 6.10. The molecule has 0 spiro atoms. The first-order valence-corrected chi connectivity index (χ1v) is 14.3. The SMILES string of the molecule is CCOC(=O)/C(=C/c1ccc(-c2ccccc2)o1)N=P(c1ccccc1)(c1ccccc1)c1ccccc1. The molecule has 0 aliphatic carbocycles. The van der Waals surface area contributed by atoms with Gasteiger partial charge in [-0.1, -0.05) is 121 Å². The number of nitrogens with zero attached hydrogens (tertiary/aromatic N) is 1. The highest BCUT2D eigenvalue weighted by Crippen LogP contribution is 2.48. The zero-order valence-electron chi connectivity index (χ0n) is 21.1. The van der Waals surface area contributed by atoms with Crippen molar-refractivity contribution < 1.29 is 13.9 Å². The van der Waals surface area contributed by atoms with Gasteiger partial charge in [0.05, 0.1) is 13.7 Å². The van der Waals surface area contributed by atoms with E-state index < -0.39 is 13.0 Å². The number of rotatable bonds is 8. The van der Waals surface area contributed by atoms with E-state index >= 15 is 0 Å². The van der Waals surface area contributed by atoms with Crippen molar-refractivity contribution in [2.45, 2.75) is 6.92 Å². The van der Waals surface area contributed by atoms with E-state index in [-0.39, 0.29) is 12.3 Å². The Bertz CT molecular complexity index is 1470. The highest BCUT2D eigenvalue weighted by atomic mass is 31.2. The molecule has 5 rings (SSSR count).